The fraction of sp³-hybridized carbons (Fsp3) is 0.429. The van der Waals surface area contributed by atoms with Gasteiger partial charge in [-0.05, 0) is 36.6 Å². The lowest BCUT2D eigenvalue weighted by molar-refractivity contribution is 0.403. The quantitative estimate of drug-likeness (QED) is 0.880. The van der Waals surface area contributed by atoms with E-state index in [-0.39, 0.29) is 6.04 Å². The highest BCUT2D eigenvalue weighted by atomic mass is 16.5. The van der Waals surface area contributed by atoms with Crippen LogP contribution in [0.25, 0.3) is 11.0 Å². The monoisotopic (exact) mass is 233 g/mol. The molecule has 1 aromatic carbocycles. The van der Waals surface area contributed by atoms with Crippen molar-refractivity contribution in [3.63, 3.8) is 0 Å². The number of furan rings is 1. The number of methoxy groups -OCH3 is 1. The zero-order valence-electron chi connectivity index (χ0n) is 10.6. The van der Waals surface area contributed by atoms with E-state index in [0.717, 1.165) is 35.3 Å². The highest BCUT2D eigenvalue weighted by molar-refractivity contribution is 5.84. The lowest BCUT2D eigenvalue weighted by atomic mass is 10.1. The highest BCUT2D eigenvalue weighted by Gasteiger charge is 2.14. The molecule has 1 unspecified atom stereocenters. The van der Waals surface area contributed by atoms with Crippen molar-refractivity contribution in [1.82, 2.24) is 0 Å². The van der Waals surface area contributed by atoms with Crippen LogP contribution in [0.1, 0.15) is 37.6 Å². The van der Waals surface area contributed by atoms with E-state index in [2.05, 4.69) is 13.0 Å². The molecule has 0 fully saturated rings. The minimum atomic E-state index is -0.0443. The summed E-state index contributed by atoms with van der Waals surface area (Å²) >= 11 is 0. The summed E-state index contributed by atoms with van der Waals surface area (Å²) in [6.07, 6.45) is 1.84. The number of hydrogen-bond donors (Lipinski definition) is 1. The van der Waals surface area contributed by atoms with Gasteiger partial charge in [-0.1, -0.05) is 13.8 Å². The van der Waals surface area contributed by atoms with Crippen molar-refractivity contribution in [1.29, 1.82) is 0 Å². The van der Waals surface area contributed by atoms with Crippen LogP contribution in [0, 0.1) is 0 Å². The summed E-state index contributed by atoms with van der Waals surface area (Å²) in [5.74, 6) is 1.61. The van der Waals surface area contributed by atoms with E-state index in [0.29, 0.717) is 0 Å². The van der Waals surface area contributed by atoms with Gasteiger partial charge in [0.25, 0.3) is 0 Å². The molecule has 0 bridgehead atoms. The van der Waals surface area contributed by atoms with Crippen molar-refractivity contribution >= 4 is 11.0 Å². The van der Waals surface area contributed by atoms with Crippen LogP contribution in [0.5, 0.6) is 5.75 Å². The molecule has 0 amide bonds. The van der Waals surface area contributed by atoms with E-state index in [4.69, 9.17) is 14.9 Å². The van der Waals surface area contributed by atoms with Gasteiger partial charge in [0, 0.05) is 5.39 Å². The van der Waals surface area contributed by atoms with E-state index in [9.17, 15) is 0 Å². The molecule has 0 spiro atoms. The summed E-state index contributed by atoms with van der Waals surface area (Å²) in [4.78, 5) is 0. The summed E-state index contributed by atoms with van der Waals surface area (Å²) in [5.41, 5.74) is 8.02. The molecule has 3 nitrogen and oxygen atoms in total. The second-order valence-corrected chi connectivity index (χ2v) is 4.23. The molecule has 1 aromatic heterocycles. The van der Waals surface area contributed by atoms with Gasteiger partial charge in [-0.3, -0.25) is 0 Å². The Kier molecular flexibility index (Phi) is 3.38. The first-order chi connectivity index (χ1) is 8.19. The molecule has 0 saturated carbocycles. The molecule has 2 aromatic rings. The Labute approximate surface area is 102 Å². The number of rotatable bonds is 4. The van der Waals surface area contributed by atoms with Crippen molar-refractivity contribution in [3.05, 3.63) is 29.5 Å². The van der Waals surface area contributed by atoms with Crippen molar-refractivity contribution in [2.45, 2.75) is 32.7 Å². The number of nitrogens with two attached hydrogens (primary N) is 1. The van der Waals surface area contributed by atoms with Gasteiger partial charge in [-0.25, -0.2) is 0 Å². The predicted molar refractivity (Wildman–Crippen MR) is 69.4 cm³/mol. The molecule has 0 aliphatic carbocycles. The fourth-order valence-corrected chi connectivity index (χ4v) is 1.94. The average molecular weight is 233 g/mol. The van der Waals surface area contributed by atoms with Gasteiger partial charge in [0.2, 0.25) is 0 Å². The third-order valence-electron chi connectivity index (χ3n) is 3.09. The van der Waals surface area contributed by atoms with Crippen LogP contribution < -0.4 is 10.5 Å². The molecule has 0 aliphatic rings. The van der Waals surface area contributed by atoms with E-state index >= 15 is 0 Å². The van der Waals surface area contributed by atoms with E-state index in [1.807, 2.05) is 19.1 Å². The predicted octanol–water partition coefficient (Wildman–Crippen LogP) is 3.41. The van der Waals surface area contributed by atoms with Gasteiger partial charge >= 0.3 is 0 Å². The van der Waals surface area contributed by atoms with Gasteiger partial charge in [-0.15, -0.1) is 0 Å². The first-order valence-corrected chi connectivity index (χ1v) is 6.05. The van der Waals surface area contributed by atoms with Crippen LogP contribution in [-0.2, 0) is 6.42 Å². The van der Waals surface area contributed by atoms with Crippen molar-refractivity contribution < 1.29 is 9.15 Å². The van der Waals surface area contributed by atoms with Gasteiger partial charge in [-0.2, -0.15) is 0 Å². The van der Waals surface area contributed by atoms with Gasteiger partial charge in [0.05, 0.1) is 13.2 Å². The Morgan fingerprint density at radius 3 is 2.65 bits per heavy atom. The highest BCUT2D eigenvalue weighted by Crippen LogP contribution is 2.32. The van der Waals surface area contributed by atoms with Crippen LogP contribution in [0.2, 0.25) is 0 Å². The zero-order chi connectivity index (χ0) is 12.4. The molecular formula is C14H19NO2. The average Bonchev–Trinajstić information content (AvgIpc) is 2.80. The molecule has 0 radical (unpaired) electrons. The molecule has 0 saturated heterocycles. The minimum absolute atomic E-state index is 0.0443. The number of hydrogen-bond acceptors (Lipinski definition) is 3. The van der Waals surface area contributed by atoms with E-state index in [1.165, 1.54) is 5.56 Å². The normalized spacial score (nSPS) is 12.9. The molecular weight excluding hydrogens is 214 g/mol. The molecule has 2 rings (SSSR count). The smallest absolute Gasteiger partial charge is 0.176 e. The lowest BCUT2D eigenvalue weighted by Crippen LogP contribution is -2.06. The maximum Gasteiger partial charge on any atom is 0.176 e. The first-order valence-electron chi connectivity index (χ1n) is 6.05. The zero-order valence-corrected chi connectivity index (χ0v) is 10.6. The van der Waals surface area contributed by atoms with Crippen molar-refractivity contribution in [3.8, 4) is 5.75 Å². The standard InChI is InChI=1S/C14H19NO2/c1-4-9-6-10-8-12(11(15)5-2)17-14(10)13(7-9)16-3/h6-8,11H,4-5,15H2,1-3H3. The Morgan fingerprint density at radius 1 is 1.29 bits per heavy atom. The van der Waals surface area contributed by atoms with Gasteiger partial charge < -0.3 is 14.9 Å². The molecule has 92 valence electrons. The summed E-state index contributed by atoms with van der Waals surface area (Å²) in [6, 6.07) is 6.13. The largest absolute Gasteiger partial charge is 0.493 e. The van der Waals surface area contributed by atoms with Crippen LogP contribution in [0.15, 0.2) is 22.6 Å². The van der Waals surface area contributed by atoms with Gasteiger partial charge in [0.1, 0.15) is 5.76 Å². The Morgan fingerprint density at radius 2 is 2.06 bits per heavy atom. The van der Waals surface area contributed by atoms with Crippen molar-refractivity contribution in [2.75, 3.05) is 7.11 Å². The second kappa shape index (κ2) is 4.80. The Bertz CT molecular complexity index is 516. The second-order valence-electron chi connectivity index (χ2n) is 4.23. The molecule has 0 aliphatic heterocycles. The lowest BCUT2D eigenvalue weighted by Gasteiger charge is -2.04. The summed E-state index contributed by atoms with van der Waals surface area (Å²) in [6.45, 7) is 4.17. The third-order valence-corrected chi connectivity index (χ3v) is 3.09. The number of benzene rings is 1. The molecule has 3 heteroatoms. The molecule has 2 N–H and O–H groups in total. The van der Waals surface area contributed by atoms with Crippen LogP contribution in [0.3, 0.4) is 0 Å². The maximum atomic E-state index is 5.99. The molecule has 1 atom stereocenters. The van der Waals surface area contributed by atoms with Crippen LogP contribution in [0.4, 0.5) is 0 Å². The Hall–Kier alpha value is -1.48. The number of fused-ring (bicyclic) bond motifs is 1. The first kappa shape index (κ1) is 12.0. The van der Waals surface area contributed by atoms with Crippen molar-refractivity contribution in [2.24, 2.45) is 5.73 Å². The minimum Gasteiger partial charge on any atom is -0.493 e. The van der Waals surface area contributed by atoms with Gasteiger partial charge in [0.15, 0.2) is 11.3 Å². The molecule has 1 heterocycles. The summed E-state index contributed by atoms with van der Waals surface area (Å²) in [7, 11) is 1.66. The molecule has 17 heavy (non-hydrogen) atoms. The van der Waals surface area contributed by atoms with E-state index in [1.54, 1.807) is 7.11 Å². The summed E-state index contributed by atoms with van der Waals surface area (Å²) in [5, 5.41) is 1.07. The summed E-state index contributed by atoms with van der Waals surface area (Å²) < 4.78 is 11.2. The Balaban J connectivity index is 2.58. The van der Waals surface area contributed by atoms with Crippen LogP contribution in [-0.4, -0.2) is 7.11 Å². The van der Waals surface area contributed by atoms with Crippen LogP contribution >= 0.6 is 0 Å². The topological polar surface area (TPSA) is 48.4 Å². The van der Waals surface area contributed by atoms with E-state index < -0.39 is 0 Å². The third kappa shape index (κ3) is 2.15. The fourth-order valence-electron chi connectivity index (χ4n) is 1.94. The number of ether oxygens (including phenoxy) is 1. The maximum absolute atomic E-state index is 5.99. The SMILES string of the molecule is CCc1cc(OC)c2oc(C(N)CC)cc2c1. The number of aryl methyl sites for hydroxylation is 1.